The number of hydrogen-bond acceptors (Lipinski definition) is 2. The van der Waals surface area contributed by atoms with Crippen molar-refractivity contribution < 1.29 is 9.13 Å². The van der Waals surface area contributed by atoms with Gasteiger partial charge in [0.25, 0.3) is 0 Å². The number of hydrogen-bond donors (Lipinski definition) is 1. The number of halogens is 1. The third-order valence-corrected chi connectivity index (χ3v) is 4.52. The Kier molecular flexibility index (Phi) is 5.55. The van der Waals surface area contributed by atoms with Gasteiger partial charge in [-0.15, -0.1) is 0 Å². The van der Waals surface area contributed by atoms with Crippen LogP contribution in [0.4, 0.5) is 4.39 Å². The number of benzene rings is 1. The van der Waals surface area contributed by atoms with E-state index in [-0.39, 0.29) is 11.9 Å². The van der Waals surface area contributed by atoms with Crippen molar-refractivity contribution in [3.63, 3.8) is 0 Å². The monoisotopic (exact) mass is 279 g/mol. The quantitative estimate of drug-likeness (QED) is 0.882. The highest BCUT2D eigenvalue weighted by molar-refractivity contribution is 5.19. The van der Waals surface area contributed by atoms with Crippen molar-refractivity contribution in [3.8, 4) is 0 Å². The third-order valence-electron chi connectivity index (χ3n) is 4.52. The van der Waals surface area contributed by atoms with E-state index in [4.69, 9.17) is 4.74 Å². The SMILES string of the molecule is CNCC(OC1CCC(C)C(C)C1)c1cccc(F)c1. The highest BCUT2D eigenvalue weighted by Gasteiger charge is 2.27. The zero-order valence-corrected chi connectivity index (χ0v) is 12.7. The lowest BCUT2D eigenvalue weighted by molar-refractivity contribution is -0.0475. The summed E-state index contributed by atoms with van der Waals surface area (Å²) in [6.07, 6.45) is 3.67. The van der Waals surface area contributed by atoms with Crippen LogP contribution in [0.15, 0.2) is 24.3 Å². The molecule has 2 rings (SSSR count). The molecule has 112 valence electrons. The van der Waals surface area contributed by atoms with E-state index in [1.807, 2.05) is 13.1 Å². The maximum atomic E-state index is 13.4. The minimum atomic E-state index is -0.196. The molecule has 0 spiro atoms. The van der Waals surface area contributed by atoms with Gasteiger partial charge in [-0.25, -0.2) is 4.39 Å². The van der Waals surface area contributed by atoms with Crippen molar-refractivity contribution >= 4 is 0 Å². The fourth-order valence-electron chi connectivity index (χ4n) is 2.99. The smallest absolute Gasteiger partial charge is 0.123 e. The second kappa shape index (κ2) is 7.19. The van der Waals surface area contributed by atoms with Gasteiger partial charge in [0.1, 0.15) is 5.82 Å². The fraction of sp³-hybridized carbons (Fsp3) is 0.647. The van der Waals surface area contributed by atoms with Crippen LogP contribution in [-0.4, -0.2) is 19.7 Å². The standard InChI is InChI=1S/C17H26FNO/c1-12-7-8-16(9-13(12)2)20-17(11-19-3)14-5-4-6-15(18)10-14/h4-6,10,12-13,16-17,19H,7-9,11H2,1-3H3. The average molecular weight is 279 g/mol. The van der Waals surface area contributed by atoms with Crippen molar-refractivity contribution in [1.82, 2.24) is 5.32 Å². The van der Waals surface area contributed by atoms with Crippen LogP contribution in [0, 0.1) is 17.7 Å². The molecule has 0 saturated heterocycles. The summed E-state index contributed by atoms with van der Waals surface area (Å²) in [6, 6.07) is 6.75. The van der Waals surface area contributed by atoms with E-state index >= 15 is 0 Å². The van der Waals surface area contributed by atoms with Crippen molar-refractivity contribution in [2.45, 2.75) is 45.3 Å². The summed E-state index contributed by atoms with van der Waals surface area (Å²) in [5, 5.41) is 3.15. The van der Waals surface area contributed by atoms with Crippen LogP contribution in [-0.2, 0) is 4.74 Å². The normalized spacial score (nSPS) is 28.3. The molecule has 0 amide bonds. The van der Waals surface area contributed by atoms with E-state index < -0.39 is 0 Å². The third kappa shape index (κ3) is 4.03. The molecule has 0 radical (unpaired) electrons. The molecule has 1 aliphatic carbocycles. The summed E-state index contributed by atoms with van der Waals surface area (Å²) in [7, 11) is 1.90. The minimum Gasteiger partial charge on any atom is -0.369 e. The van der Waals surface area contributed by atoms with Crippen LogP contribution < -0.4 is 5.32 Å². The van der Waals surface area contributed by atoms with Crippen molar-refractivity contribution in [2.75, 3.05) is 13.6 Å². The molecule has 0 aliphatic heterocycles. The summed E-state index contributed by atoms with van der Waals surface area (Å²) < 4.78 is 19.6. The van der Waals surface area contributed by atoms with Gasteiger partial charge in [-0.1, -0.05) is 26.0 Å². The summed E-state index contributed by atoms with van der Waals surface area (Å²) in [5.74, 6) is 1.29. The first-order chi connectivity index (χ1) is 9.60. The van der Waals surface area contributed by atoms with E-state index in [1.54, 1.807) is 12.1 Å². The first-order valence-corrected chi connectivity index (χ1v) is 7.65. The topological polar surface area (TPSA) is 21.3 Å². The lowest BCUT2D eigenvalue weighted by Crippen LogP contribution is -2.30. The Bertz CT molecular complexity index is 423. The molecule has 1 aromatic rings. The van der Waals surface area contributed by atoms with E-state index in [0.717, 1.165) is 24.3 Å². The van der Waals surface area contributed by atoms with E-state index in [2.05, 4.69) is 19.2 Å². The van der Waals surface area contributed by atoms with Gasteiger partial charge in [0.2, 0.25) is 0 Å². The molecule has 4 unspecified atom stereocenters. The van der Waals surface area contributed by atoms with E-state index in [1.165, 1.54) is 12.5 Å². The highest BCUT2D eigenvalue weighted by Crippen LogP contribution is 2.33. The zero-order chi connectivity index (χ0) is 14.5. The maximum Gasteiger partial charge on any atom is 0.123 e. The van der Waals surface area contributed by atoms with E-state index in [9.17, 15) is 4.39 Å². The Labute approximate surface area is 121 Å². The summed E-state index contributed by atoms with van der Waals surface area (Å²) in [4.78, 5) is 0. The van der Waals surface area contributed by atoms with Crippen LogP contribution in [0.25, 0.3) is 0 Å². The predicted molar refractivity (Wildman–Crippen MR) is 80.1 cm³/mol. The molecule has 2 nitrogen and oxygen atoms in total. The summed E-state index contributed by atoms with van der Waals surface area (Å²) >= 11 is 0. The van der Waals surface area contributed by atoms with Gasteiger partial charge >= 0.3 is 0 Å². The Morgan fingerprint density at radius 3 is 2.75 bits per heavy atom. The summed E-state index contributed by atoms with van der Waals surface area (Å²) in [5.41, 5.74) is 0.922. The highest BCUT2D eigenvalue weighted by atomic mass is 19.1. The molecular formula is C17H26FNO. The van der Waals surface area contributed by atoms with Crippen molar-refractivity contribution in [1.29, 1.82) is 0 Å². The lowest BCUT2D eigenvalue weighted by Gasteiger charge is -2.34. The molecular weight excluding hydrogens is 253 g/mol. The van der Waals surface area contributed by atoms with Crippen molar-refractivity contribution in [3.05, 3.63) is 35.6 Å². The Balaban J connectivity index is 2.02. The minimum absolute atomic E-state index is 0.0682. The largest absolute Gasteiger partial charge is 0.369 e. The van der Waals surface area contributed by atoms with Gasteiger partial charge in [0, 0.05) is 6.54 Å². The number of likely N-dealkylation sites (N-methyl/N-ethyl adjacent to an activating group) is 1. The molecule has 1 N–H and O–H groups in total. The zero-order valence-electron chi connectivity index (χ0n) is 12.7. The Morgan fingerprint density at radius 1 is 1.30 bits per heavy atom. The second-order valence-corrected chi connectivity index (χ2v) is 6.13. The van der Waals surface area contributed by atoms with Gasteiger partial charge in [0.15, 0.2) is 0 Å². The van der Waals surface area contributed by atoms with Crippen LogP contribution >= 0.6 is 0 Å². The Hall–Kier alpha value is -0.930. The molecule has 1 aromatic carbocycles. The molecule has 4 atom stereocenters. The predicted octanol–water partition coefficient (Wildman–Crippen LogP) is 3.93. The summed E-state index contributed by atoms with van der Waals surface area (Å²) in [6.45, 7) is 5.33. The molecule has 0 bridgehead atoms. The van der Waals surface area contributed by atoms with Crippen LogP contribution in [0.2, 0.25) is 0 Å². The van der Waals surface area contributed by atoms with Gasteiger partial charge in [-0.3, -0.25) is 0 Å². The van der Waals surface area contributed by atoms with Gasteiger partial charge in [-0.05, 0) is 55.8 Å². The number of nitrogens with one attached hydrogen (secondary N) is 1. The van der Waals surface area contributed by atoms with Gasteiger partial charge < -0.3 is 10.1 Å². The molecule has 0 heterocycles. The Morgan fingerprint density at radius 2 is 2.10 bits per heavy atom. The molecule has 3 heteroatoms. The average Bonchev–Trinajstić information content (AvgIpc) is 2.42. The number of rotatable bonds is 5. The molecule has 1 aliphatic rings. The van der Waals surface area contributed by atoms with Gasteiger partial charge in [0.05, 0.1) is 12.2 Å². The lowest BCUT2D eigenvalue weighted by atomic mass is 9.80. The fourth-order valence-corrected chi connectivity index (χ4v) is 2.99. The molecule has 1 fully saturated rings. The maximum absolute atomic E-state index is 13.4. The van der Waals surface area contributed by atoms with Crippen molar-refractivity contribution in [2.24, 2.45) is 11.8 Å². The first-order valence-electron chi connectivity index (χ1n) is 7.65. The van der Waals surface area contributed by atoms with E-state index in [0.29, 0.717) is 18.6 Å². The van der Waals surface area contributed by atoms with Crippen LogP contribution in [0.5, 0.6) is 0 Å². The molecule has 0 aromatic heterocycles. The van der Waals surface area contributed by atoms with Crippen LogP contribution in [0.3, 0.4) is 0 Å². The first kappa shape index (κ1) is 15.5. The van der Waals surface area contributed by atoms with Crippen LogP contribution in [0.1, 0.15) is 44.8 Å². The number of ether oxygens (including phenoxy) is 1. The van der Waals surface area contributed by atoms with Gasteiger partial charge in [-0.2, -0.15) is 0 Å². The molecule has 20 heavy (non-hydrogen) atoms. The molecule has 1 saturated carbocycles. The second-order valence-electron chi connectivity index (χ2n) is 6.13.